The zero-order chi connectivity index (χ0) is 13.7. The Kier molecular flexibility index (Phi) is 4.82. The van der Waals surface area contributed by atoms with Crippen LogP contribution in [0.2, 0.25) is 0 Å². The van der Waals surface area contributed by atoms with Gasteiger partial charge in [-0.25, -0.2) is 4.79 Å². The average molecular weight is 266 g/mol. The van der Waals surface area contributed by atoms with Gasteiger partial charge in [-0.3, -0.25) is 4.79 Å². The van der Waals surface area contributed by atoms with Crippen molar-refractivity contribution < 1.29 is 14.7 Å². The number of carbonyl (C=O) groups is 2. The molecule has 1 unspecified atom stereocenters. The highest BCUT2D eigenvalue weighted by Crippen LogP contribution is 2.20. The molecule has 2 N–H and O–H groups in total. The molecule has 2 rings (SSSR count). The predicted molar refractivity (Wildman–Crippen MR) is 71.9 cm³/mol. The predicted octanol–water partition coefficient (Wildman–Crippen LogP) is 1.99. The Balaban J connectivity index is 1.72. The van der Waals surface area contributed by atoms with E-state index in [1.807, 2.05) is 4.90 Å². The van der Waals surface area contributed by atoms with Gasteiger partial charge in [-0.15, -0.1) is 0 Å². The van der Waals surface area contributed by atoms with Gasteiger partial charge in [0.25, 0.3) is 0 Å². The quantitative estimate of drug-likeness (QED) is 0.767. The van der Waals surface area contributed by atoms with Crippen molar-refractivity contribution in [1.29, 1.82) is 0 Å². The number of allylic oxidation sites excluding steroid dienone is 1. The number of piperidine rings is 1. The maximum atomic E-state index is 12.1. The number of nitrogens with zero attached hydrogens (tertiary/aromatic N) is 1. The van der Waals surface area contributed by atoms with Crippen molar-refractivity contribution in [3.63, 3.8) is 0 Å². The van der Waals surface area contributed by atoms with Crippen molar-refractivity contribution in [2.75, 3.05) is 13.1 Å². The molecule has 1 aliphatic carbocycles. The zero-order valence-corrected chi connectivity index (χ0v) is 11.2. The van der Waals surface area contributed by atoms with Crippen LogP contribution in [0.15, 0.2) is 12.2 Å². The van der Waals surface area contributed by atoms with E-state index in [0.29, 0.717) is 13.1 Å². The summed E-state index contributed by atoms with van der Waals surface area (Å²) in [6, 6.07) is 0.267. The summed E-state index contributed by atoms with van der Waals surface area (Å²) in [4.78, 5) is 24.5. The lowest BCUT2D eigenvalue weighted by molar-refractivity contribution is -0.138. The highest BCUT2D eigenvalue weighted by Gasteiger charge is 2.25. The number of urea groups is 1. The fraction of sp³-hybridized carbons (Fsp3) is 0.714. The van der Waals surface area contributed by atoms with E-state index in [0.717, 1.165) is 32.1 Å². The molecule has 0 saturated carbocycles. The summed E-state index contributed by atoms with van der Waals surface area (Å²) >= 11 is 0. The molecule has 2 amide bonds. The number of rotatable bonds is 3. The van der Waals surface area contributed by atoms with Gasteiger partial charge in [0.05, 0.1) is 0 Å². The fourth-order valence-electron chi connectivity index (χ4n) is 2.78. The molecule has 0 spiro atoms. The van der Waals surface area contributed by atoms with Gasteiger partial charge in [-0.05, 0) is 38.0 Å². The molecular formula is C14H22N2O3. The van der Waals surface area contributed by atoms with Crippen LogP contribution in [0.4, 0.5) is 4.79 Å². The van der Waals surface area contributed by atoms with Crippen LogP contribution < -0.4 is 5.32 Å². The van der Waals surface area contributed by atoms with E-state index < -0.39 is 5.97 Å². The number of carbonyl (C=O) groups excluding carboxylic acids is 1. The van der Waals surface area contributed by atoms with Crippen LogP contribution in [-0.2, 0) is 4.79 Å². The lowest BCUT2D eigenvalue weighted by Gasteiger charge is -2.33. The zero-order valence-electron chi connectivity index (χ0n) is 11.2. The van der Waals surface area contributed by atoms with Crippen LogP contribution in [-0.4, -0.2) is 41.1 Å². The van der Waals surface area contributed by atoms with Crippen molar-refractivity contribution >= 4 is 12.0 Å². The van der Waals surface area contributed by atoms with Crippen LogP contribution >= 0.6 is 0 Å². The van der Waals surface area contributed by atoms with Crippen molar-refractivity contribution in [2.24, 2.45) is 5.92 Å². The Labute approximate surface area is 113 Å². The average Bonchev–Trinajstić information content (AvgIpc) is 2.40. The maximum Gasteiger partial charge on any atom is 0.317 e. The summed E-state index contributed by atoms with van der Waals surface area (Å²) in [5.74, 6) is -0.518. The number of aliphatic carboxylic acids is 1. The maximum absolute atomic E-state index is 12.1. The van der Waals surface area contributed by atoms with E-state index in [1.165, 1.54) is 0 Å². The molecule has 1 aliphatic heterocycles. The first-order valence-electron chi connectivity index (χ1n) is 7.07. The number of amides is 2. The molecule has 5 nitrogen and oxygen atoms in total. The van der Waals surface area contributed by atoms with E-state index in [4.69, 9.17) is 5.11 Å². The summed E-state index contributed by atoms with van der Waals surface area (Å²) in [6.45, 7) is 1.35. The van der Waals surface area contributed by atoms with Gasteiger partial charge in [-0.1, -0.05) is 12.2 Å². The minimum Gasteiger partial charge on any atom is -0.481 e. The van der Waals surface area contributed by atoms with Gasteiger partial charge in [-0.2, -0.15) is 0 Å². The lowest BCUT2D eigenvalue weighted by Crippen LogP contribution is -2.48. The molecule has 1 heterocycles. The number of nitrogens with one attached hydrogen (secondary N) is 1. The second kappa shape index (κ2) is 6.59. The van der Waals surface area contributed by atoms with Crippen LogP contribution in [0.1, 0.15) is 38.5 Å². The van der Waals surface area contributed by atoms with E-state index in [-0.39, 0.29) is 24.4 Å². The molecule has 0 radical (unpaired) electrons. The molecule has 1 fully saturated rings. The standard InChI is InChI=1S/C14H22N2O3/c17-13(18)10-11-6-8-16(9-7-11)14(19)15-12-4-2-1-3-5-12/h1-2,11-12H,3-10H2,(H,15,19)(H,17,18). The van der Waals surface area contributed by atoms with E-state index in [2.05, 4.69) is 17.5 Å². The van der Waals surface area contributed by atoms with Crippen molar-refractivity contribution in [2.45, 2.75) is 44.6 Å². The monoisotopic (exact) mass is 266 g/mol. The first kappa shape index (κ1) is 13.9. The Morgan fingerprint density at radius 2 is 1.95 bits per heavy atom. The molecule has 1 saturated heterocycles. The Morgan fingerprint density at radius 1 is 1.21 bits per heavy atom. The number of likely N-dealkylation sites (tertiary alicyclic amines) is 1. The number of hydrogen-bond acceptors (Lipinski definition) is 2. The molecule has 0 bridgehead atoms. The molecule has 19 heavy (non-hydrogen) atoms. The van der Waals surface area contributed by atoms with E-state index in [9.17, 15) is 9.59 Å². The SMILES string of the molecule is O=C(O)CC1CCN(C(=O)NC2CC=CCC2)CC1. The summed E-state index contributed by atoms with van der Waals surface area (Å²) in [5.41, 5.74) is 0. The van der Waals surface area contributed by atoms with Gasteiger partial charge in [0.1, 0.15) is 0 Å². The molecule has 1 atom stereocenters. The first-order valence-corrected chi connectivity index (χ1v) is 7.07. The summed E-state index contributed by atoms with van der Waals surface area (Å²) in [6.07, 6.45) is 9.05. The molecule has 106 valence electrons. The largest absolute Gasteiger partial charge is 0.481 e. The fourth-order valence-corrected chi connectivity index (χ4v) is 2.78. The summed E-state index contributed by atoms with van der Waals surface area (Å²) in [5, 5.41) is 11.8. The smallest absolute Gasteiger partial charge is 0.317 e. The van der Waals surface area contributed by atoms with Crippen LogP contribution in [0.5, 0.6) is 0 Å². The van der Waals surface area contributed by atoms with Gasteiger partial charge < -0.3 is 15.3 Å². The Morgan fingerprint density at radius 3 is 2.53 bits per heavy atom. The van der Waals surface area contributed by atoms with Gasteiger partial charge in [0.15, 0.2) is 0 Å². The van der Waals surface area contributed by atoms with Gasteiger partial charge in [0.2, 0.25) is 0 Å². The Bertz CT molecular complexity index is 360. The summed E-state index contributed by atoms with van der Waals surface area (Å²) < 4.78 is 0. The molecule has 0 aromatic carbocycles. The second-order valence-electron chi connectivity index (χ2n) is 5.46. The van der Waals surface area contributed by atoms with Crippen LogP contribution in [0.3, 0.4) is 0 Å². The lowest BCUT2D eigenvalue weighted by atomic mass is 9.94. The highest BCUT2D eigenvalue weighted by molar-refractivity contribution is 5.74. The number of carboxylic acid groups (broad SMARTS) is 1. The second-order valence-corrected chi connectivity index (χ2v) is 5.46. The Hall–Kier alpha value is -1.52. The first-order chi connectivity index (χ1) is 9.15. The third-order valence-electron chi connectivity index (χ3n) is 3.96. The third kappa shape index (κ3) is 4.26. The van der Waals surface area contributed by atoms with E-state index >= 15 is 0 Å². The van der Waals surface area contributed by atoms with Crippen molar-refractivity contribution in [3.8, 4) is 0 Å². The molecule has 0 aromatic rings. The molecule has 5 heteroatoms. The molecular weight excluding hydrogens is 244 g/mol. The van der Waals surface area contributed by atoms with Crippen molar-refractivity contribution in [1.82, 2.24) is 10.2 Å². The van der Waals surface area contributed by atoms with Gasteiger partial charge in [0, 0.05) is 25.6 Å². The molecule has 2 aliphatic rings. The topological polar surface area (TPSA) is 69.6 Å². The molecule has 0 aromatic heterocycles. The van der Waals surface area contributed by atoms with Crippen LogP contribution in [0, 0.1) is 5.92 Å². The minimum atomic E-state index is -0.739. The van der Waals surface area contributed by atoms with Crippen LogP contribution in [0.25, 0.3) is 0 Å². The van der Waals surface area contributed by atoms with Gasteiger partial charge >= 0.3 is 12.0 Å². The number of hydrogen-bond donors (Lipinski definition) is 2. The van der Waals surface area contributed by atoms with Crippen molar-refractivity contribution in [3.05, 3.63) is 12.2 Å². The third-order valence-corrected chi connectivity index (χ3v) is 3.96. The summed E-state index contributed by atoms with van der Waals surface area (Å²) in [7, 11) is 0. The minimum absolute atomic E-state index is 0.00840. The normalized spacial score (nSPS) is 24.2. The highest BCUT2D eigenvalue weighted by atomic mass is 16.4. The number of carboxylic acids is 1. The van der Waals surface area contributed by atoms with E-state index in [1.54, 1.807) is 0 Å².